The van der Waals surface area contributed by atoms with Crippen molar-refractivity contribution in [1.82, 2.24) is 9.97 Å². The Hall–Kier alpha value is -2.21. The third-order valence-electron chi connectivity index (χ3n) is 4.11. The van der Waals surface area contributed by atoms with Crippen molar-refractivity contribution < 1.29 is 13.2 Å². The second kappa shape index (κ2) is 5.70. The largest absolute Gasteiger partial charge is 0.416 e. The lowest BCUT2D eigenvalue weighted by Gasteiger charge is -2.06. The average molecular weight is 346 g/mol. The summed E-state index contributed by atoms with van der Waals surface area (Å²) in [5.41, 5.74) is 3.02. The topological polar surface area (TPSA) is 25.8 Å². The van der Waals surface area contributed by atoms with E-state index in [1.165, 1.54) is 41.9 Å². The van der Waals surface area contributed by atoms with E-state index < -0.39 is 11.7 Å². The van der Waals surface area contributed by atoms with Gasteiger partial charge >= 0.3 is 6.18 Å². The Morgan fingerprint density at radius 2 is 1.79 bits per heavy atom. The predicted molar refractivity (Wildman–Crippen MR) is 87.8 cm³/mol. The zero-order chi connectivity index (χ0) is 16.7. The summed E-state index contributed by atoms with van der Waals surface area (Å²) in [5, 5.41) is 2.74. The summed E-state index contributed by atoms with van der Waals surface area (Å²) in [6.45, 7) is 0. The van der Waals surface area contributed by atoms with Crippen LogP contribution < -0.4 is 0 Å². The number of nitrogens with zero attached hydrogens (tertiary/aromatic N) is 2. The van der Waals surface area contributed by atoms with Crippen LogP contribution in [0, 0.1) is 0 Å². The van der Waals surface area contributed by atoms with Crippen LogP contribution in [0.5, 0.6) is 0 Å². The molecular weight excluding hydrogens is 333 g/mol. The monoisotopic (exact) mass is 346 g/mol. The molecule has 0 atom stereocenters. The minimum Gasteiger partial charge on any atom is -0.264 e. The van der Waals surface area contributed by atoms with Crippen molar-refractivity contribution in [2.24, 2.45) is 0 Å². The molecule has 1 aliphatic carbocycles. The number of pyridine rings is 1. The first-order chi connectivity index (χ1) is 11.5. The maximum atomic E-state index is 12.7. The molecule has 2 aromatic heterocycles. The number of hydrogen-bond donors (Lipinski definition) is 0. The third-order valence-corrected chi connectivity index (χ3v) is 4.99. The van der Waals surface area contributed by atoms with Gasteiger partial charge in [-0.15, -0.1) is 11.3 Å². The van der Waals surface area contributed by atoms with E-state index in [0.29, 0.717) is 17.2 Å². The van der Waals surface area contributed by atoms with Crippen LogP contribution in [0.25, 0.3) is 21.8 Å². The van der Waals surface area contributed by atoms with Crippen LogP contribution in [0.1, 0.15) is 29.9 Å². The first-order valence-electron chi connectivity index (χ1n) is 7.60. The van der Waals surface area contributed by atoms with Crippen LogP contribution in [0.4, 0.5) is 13.2 Å². The molecule has 0 saturated heterocycles. The van der Waals surface area contributed by atoms with Gasteiger partial charge in [-0.05, 0) is 42.5 Å². The van der Waals surface area contributed by atoms with Crippen LogP contribution in [-0.4, -0.2) is 9.97 Å². The number of halogens is 3. The number of thiazole rings is 1. The molecule has 4 rings (SSSR count). The highest BCUT2D eigenvalue weighted by Crippen LogP contribution is 2.44. The Morgan fingerprint density at radius 3 is 2.46 bits per heavy atom. The average Bonchev–Trinajstić information content (AvgIpc) is 3.31. The normalized spacial score (nSPS) is 14.8. The van der Waals surface area contributed by atoms with Gasteiger partial charge < -0.3 is 0 Å². The molecule has 1 aliphatic rings. The third kappa shape index (κ3) is 2.94. The lowest BCUT2D eigenvalue weighted by molar-refractivity contribution is -0.137. The Balaban J connectivity index is 1.66. The van der Waals surface area contributed by atoms with Gasteiger partial charge in [-0.1, -0.05) is 12.1 Å². The zero-order valence-corrected chi connectivity index (χ0v) is 13.4. The maximum absolute atomic E-state index is 12.7. The molecule has 1 fully saturated rings. The van der Waals surface area contributed by atoms with Crippen molar-refractivity contribution in [2.45, 2.75) is 24.9 Å². The quantitative estimate of drug-likeness (QED) is 0.602. The molecule has 122 valence electrons. The molecule has 0 bridgehead atoms. The molecule has 3 aromatic rings. The van der Waals surface area contributed by atoms with E-state index >= 15 is 0 Å². The van der Waals surface area contributed by atoms with Gasteiger partial charge in [0.25, 0.3) is 0 Å². The molecule has 2 nitrogen and oxygen atoms in total. The van der Waals surface area contributed by atoms with Crippen molar-refractivity contribution in [2.75, 3.05) is 0 Å². The van der Waals surface area contributed by atoms with Gasteiger partial charge in [-0.2, -0.15) is 13.2 Å². The molecule has 0 unspecified atom stereocenters. The van der Waals surface area contributed by atoms with Crippen molar-refractivity contribution in [3.8, 4) is 21.8 Å². The summed E-state index contributed by atoms with van der Waals surface area (Å²) >= 11 is 1.49. The Kier molecular flexibility index (Phi) is 3.64. The maximum Gasteiger partial charge on any atom is 0.416 e. The van der Waals surface area contributed by atoms with E-state index in [1.54, 1.807) is 6.20 Å². The molecule has 0 spiro atoms. The van der Waals surface area contributed by atoms with Gasteiger partial charge in [-0.25, -0.2) is 4.98 Å². The van der Waals surface area contributed by atoms with Crippen LogP contribution in [-0.2, 0) is 6.18 Å². The second-order valence-electron chi connectivity index (χ2n) is 5.85. The minimum absolute atomic E-state index is 0.585. The highest BCUT2D eigenvalue weighted by Gasteiger charge is 2.30. The number of hydrogen-bond acceptors (Lipinski definition) is 3. The molecule has 24 heavy (non-hydrogen) atoms. The van der Waals surface area contributed by atoms with Gasteiger partial charge in [-0.3, -0.25) is 4.98 Å². The van der Waals surface area contributed by atoms with E-state index in [-0.39, 0.29) is 0 Å². The summed E-state index contributed by atoms with van der Waals surface area (Å²) < 4.78 is 38.0. The van der Waals surface area contributed by atoms with Gasteiger partial charge in [0.15, 0.2) is 0 Å². The van der Waals surface area contributed by atoms with Gasteiger partial charge in [0.05, 0.1) is 11.3 Å². The molecule has 2 heterocycles. The molecule has 0 radical (unpaired) electrons. The van der Waals surface area contributed by atoms with Gasteiger partial charge in [0.1, 0.15) is 5.01 Å². The van der Waals surface area contributed by atoms with E-state index in [1.807, 2.05) is 17.6 Å². The Morgan fingerprint density at radius 1 is 1.04 bits per heavy atom. The minimum atomic E-state index is -4.32. The van der Waals surface area contributed by atoms with Crippen molar-refractivity contribution in [1.29, 1.82) is 0 Å². The Bertz CT molecular complexity index is 864. The SMILES string of the molecule is FC(F)(F)c1ccc(-c2csc(-c3cnccc3C3CC3)n2)cc1. The lowest BCUT2D eigenvalue weighted by atomic mass is 10.1. The fourth-order valence-electron chi connectivity index (χ4n) is 2.69. The summed E-state index contributed by atoms with van der Waals surface area (Å²) in [6, 6.07) is 7.15. The fourth-order valence-corrected chi connectivity index (χ4v) is 3.55. The van der Waals surface area contributed by atoms with Crippen LogP contribution in [0.15, 0.2) is 48.1 Å². The van der Waals surface area contributed by atoms with Crippen molar-refractivity contribution in [3.63, 3.8) is 0 Å². The first kappa shape index (κ1) is 15.3. The van der Waals surface area contributed by atoms with Gasteiger partial charge in [0.2, 0.25) is 0 Å². The number of alkyl halides is 3. The summed E-state index contributed by atoms with van der Waals surface area (Å²) in [5.74, 6) is 0.585. The Labute approximate surface area is 141 Å². The highest BCUT2D eigenvalue weighted by atomic mass is 32.1. The van der Waals surface area contributed by atoms with E-state index in [2.05, 4.69) is 9.97 Å². The fraction of sp³-hybridized carbons (Fsp3) is 0.222. The highest BCUT2D eigenvalue weighted by molar-refractivity contribution is 7.13. The van der Waals surface area contributed by atoms with Gasteiger partial charge in [0, 0.05) is 28.9 Å². The van der Waals surface area contributed by atoms with E-state index in [0.717, 1.165) is 22.7 Å². The standard InChI is InChI=1S/C18H13F3N2S/c19-18(20,21)13-5-3-12(4-6-13)16-10-24-17(23-16)15-9-22-8-7-14(15)11-1-2-11/h3-11H,1-2H2. The summed E-state index contributed by atoms with van der Waals surface area (Å²) in [4.78, 5) is 8.80. The molecular formula is C18H13F3N2S. The smallest absolute Gasteiger partial charge is 0.264 e. The number of rotatable bonds is 3. The number of aromatic nitrogens is 2. The zero-order valence-electron chi connectivity index (χ0n) is 12.5. The first-order valence-corrected chi connectivity index (χ1v) is 8.48. The predicted octanol–water partition coefficient (Wildman–Crippen LogP) is 5.77. The summed E-state index contributed by atoms with van der Waals surface area (Å²) in [7, 11) is 0. The molecule has 1 saturated carbocycles. The molecule has 0 amide bonds. The van der Waals surface area contributed by atoms with Crippen LogP contribution in [0.3, 0.4) is 0 Å². The molecule has 0 N–H and O–H groups in total. The molecule has 6 heteroatoms. The van der Waals surface area contributed by atoms with Crippen molar-refractivity contribution >= 4 is 11.3 Å². The van der Waals surface area contributed by atoms with Crippen LogP contribution >= 0.6 is 11.3 Å². The molecule has 0 aliphatic heterocycles. The second-order valence-corrected chi connectivity index (χ2v) is 6.71. The van der Waals surface area contributed by atoms with E-state index in [9.17, 15) is 13.2 Å². The van der Waals surface area contributed by atoms with Crippen molar-refractivity contribution in [3.05, 3.63) is 59.2 Å². The molecule has 1 aromatic carbocycles. The van der Waals surface area contributed by atoms with Crippen LogP contribution in [0.2, 0.25) is 0 Å². The van der Waals surface area contributed by atoms with E-state index in [4.69, 9.17) is 0 Å². The summed E-state index contributed by atoms with van der Waals surface area (Å²) in [6.07, 6.45) is 1.67. The number of benzene rings is 1. The lowest BCUT2D eigenvalue weighted by Crippen LogP contribution is -2.03.